The zero-order chi connectivity index (χ0) is 13.8. The van der Waals surface area contributed by atoms with Crippen molar-refractivity contribution in [2.75, 3.05) is 17.2 Å². The molecule has 2 N–H and O–H groups in total. The van der Waals surface area contributed by atoms with Crippen LogP contribution in [0.25, 0.3) is 0 Å². The number of nitrogens with one attached hydrogen (secondary N) is 2. The molecule has 1 aromatic heterocycles. The van der Waals surface area contributed by atoms with Crippen LogP contribution in [0.3, 0.4) is 0 Å². The highest BCUT2D eigenvalue weighted by molar-refractivity contribution is 5.41. The Balaban J connectivity index is 2.07. The lowest BCUT2D eigenvalue weighted by Crippen LogP contribution is -2.31. The van der Waals surface area contributed by atoms with Gasteiger partial charge in [-0.05, 0) is 38.0 Å². The van der Waals surface area contributed by atoms with Crippen LogP contribution in [0.2, 0.25) is 0 Å². The first-order chi connectivity index (χ1) is 9.08. The molecule has 106 valence electrons. The summed E-state index contributed by atoms with van der Waals surface area (Å²) in [7, 11) is 0. The lowest BCUT2D eigenvalue weighted by Gasteiger charge is -2.32. The third-order valence-corrected chi connectivity index (χ3v) is 3.60. The third-order valence-electron chi connectivity index (χ3n) is 3.60. The van der Waals surface area contributed by atoms with E-state index in [1.807, 2.05) is 6.92 Å². The van der Waals surface area contributed by atoms with E-state index in [-0.39, 0.29) is 5.82 Å². The minimum atomic E-state index is -0.382. The Morgan fingerprint density at radius 3 is 2.58 bits per heavy atom. The van der Waals surface area contributed by atoms with Gasteiger partial charge in [0.15, 0.2) is 11.6 Å². The number of nitrogens with zero attached hydrogens (tertiary/aromatic N) is 2. The first-order valence-corrected chi connectivity index (χ1v) is 7.11. The molecular weight excluding hydrogens is 243 g/mol. The van der Waals surface area contributed by atoms with Crippen molar-refractivity contribution in [3.05, 3.63) is 12.0 Å². The van der Waals surface area contributed by atoms with Crippen LogP contribution in [-0.4, -0.2) is 22.6 Å². The SMILES string of the molecule is CCNc1ncc(F)c(NC2CC(C)CC(C)C2)n1. The number of anilines is 2. The van der Waals surface area contributed by atoms with E-state index >= 15 is 0 Å². The lowest BCUT2D eigenvalue weighted by atomic mass is 9.80. The second-order valence-corrected chi connectivity index (χ2v) is 5.68. The van der Waals surface area contributed by atoms with Gasteiger partial charge in [0.2, 0.25) is 5.95 Å². The molecule has 1 aliphatic rings. The quantitative estimate of drug-likeness (QED) is 0.878. The molecule has 0 aromatic carbocycles. The zero-order valence-corrected chi connectivity index (χ0v) is 11.9. The summed E-state index contributed by atoms with van der Waals surface area (Å²) in [6.45, 7) is 7.20. The van der Waals surface area contributed by atoms with Gasteiger partial charge < -0.3 is 10.6 Å². The van der Waals surface area contributed by atoms with Crippen molar-refractivity contribution in [3.63, 3.8) is 0 Å². The molecule has 0 aliphatic heterocycles. The summed E-state index contributed by atoms with van der Waals surface area (Å²) in [6.07, 6.45) is 4.63. The van der Waals surface area contributed by atoms with Crippen LogP contribution in [0.1, 0.15) is 40.0 Å². The molecule has 2 unspecified atom stereocenters. The molecule has 2 rings (SSSR count). The Labute approximate surface area is 114 Å². The Kier molecular flexibility index (Phi) is 4.56. The van der Waals surface area contributed by atoms with Crippen molar-refractivity contribution in [2.24, 2.45) is 11.8 Å². The zero-order valence-electron chi connectivity index (χ0n) is 11.9. The summed E-state index contributed by atoms with van der Waals surface area (Å²) in [5.74, 6) is 1.77. The minimum Gasteiger partial charge on any atom is -0.365 e. The van der Waals surface area contributed by atoms with Crippen molar-refractivity contribution in [3.8, 4) is 0 Å². The number of hydrogen-bond acceptors (Lipinski definition) is 4. The Bertz CT molecular complexity index is 414. The molecule has 0 spiro atoms. The maximum Gasteiger partial charge on any atom is 0.224 e. The van der Waals surface area contributed by atoms with E-state index < -0.39 is 0 Å². The molecule has 1 aromatic rings. The van der Waals surface area contributed by atoms with Gasteiger partial charge in [0.05, 0.1) is 6.20 Å². The number of rotatable bonds is 4. The molecule has 2 atom stereocenters. The highest BCUT2D eigenvalue weighted by Crippen LogP contribution is 2.30. The monoisotopic (exact) mass is 266 g/mol. The van der Waals surface area contributed by atoms with Crippen molar-refractivity contribution >= 4 is 11.8 Å². The molecule has 0 saturated heterocycles. The van der Waals surface area contributed by atoms with Crippen LogP contribution in [0.4, 0.5) is 16.2 Å². The second kappa shape index (κ2) is 6.17. The highest BCUT2D eigenvalue weighted by Gasteiger charge is 2.24. The molecule has 1 heterocycles. The fourth-order valence-electron chi connectivity index (χ4n) is 2.97. The van der Waals surface area contributed by atoms with E-state index in [0.29, 0.717) is 29.6 Å². The van der Waals surface area contributed by atoms with E-state index in [2.05, 4.69) is 34.4 Å². The second-order valence-electron chi connectivity index (χ2n) is 5.68. The number of hydrogen-bond donors (Lipinski definition) is 2. The van der Waals surface area contributed by atoms with Crippen molar-refractivity contribution < 1.29 is 4.39 Å². The molecule has 5 heteroatoms. The van der Waals surface area contributed by atoms with Crippen molar-refractivity contribution in [2.45, 2.75) is 46.1 Å². The van der Waals surface area contributed by atoms with Crippen molar-refractivity contribution in [1.82, 2.24) is 9.97 Å². The maximum atomic E-state index is 13.7. The fourth-order valence-corrected chi connectivity index (χ4v) is 2.97. The molecule has 1 aliphatic carbocycles. The fraction of sp³-hybridized carbons (Fsp3) is 0.714. The van der Waals surface area contributed by atoms with E-state index in [1.165, 1.54) is 12.6 Å². The standard InChI is InChI=1S/C14H23FN4/c1-4-16-14-17-8-12(15)13(19-14)18-11-6-9(2)5-10(3)7-11/h8-11H,4-7H2,1-3H3,(H2,16,17,18,19). The van der Waals surface area contributed by atoms with Crippen LogP contribution >= 0.6 is 0 Å². The van der Waals surface area contributed by atoms with Crippen LogP contribution in [-0.2, 0) is 0 Å². The van der Waals surface area contributed by atoms with Gasteiger partial charge in [-0.25, -0.2) is 9.37 Å². The van der Waals surface area contributed by atoms with E-state index in [0.717, 1.165) is 19.4 Å². The van der Waals surface area contributed by atoms with Gasteiger partial charge >= 0.3 is 0 Å². The Morgan fingerprint density at radius 1 is 1.26 bits per heavy atom. The average Bonchev–Trinajstić information content (AvgIpc) is 2.32. The van der Waals surface area contributed by atoms with E-state index in [4.69, 9.17) is 0 Å². The first-order valence-electron chi connectivity index (χ1n) is 7.11. The first kappa shape index (κ1) is 14.0. The van der Waals surface area contributed by atoms with Crippen LogP contribution < -0.4 is 10.6 Å². The number of halogens is 1. The van der Waals surface area contributed by atoms with Gasteiger partial charge in [-0.1, -0.05) is 13.8 Å². The summed E-state index contributed by atoms with van der Waals surface area (Å²) < 4.78 is 13.7. The van der Waals surface area contributed by atoms with E-state index in [9.17, 15) is 4.39 Å². The van der Waals surface area contributed by atoms with Gasteiger partial charge in [-0.2, -0.15) is 4.98 Å². The normalized spacial score (nSPS) is 27.1. The summed E-state index contributed by atoms with van der Waals surface area (Å²) >= 11 is 0. The third kappa shape index (κ3) is 3.78. The molecule has 19 heavy (non-hydrogen) atoms. The van der Waals surface area contributed by atoms with E-state index in [1.54, 1.807) is 0 Å². The predicted molar refractivity (Wildman–Crippen MR) is 75.7 cm³/mol. The average molecular weight is 266 g/mol. The predicted octanol–water partition coefficient (Wildman–Crippen LogP) is 3.28. The van der Waals surface area contributed by atoms with Gasteiger partial charge in [0.25, 0.3) is 0 Å². The van der Waals surface area contributed by atoms with Crippen LogP contribution in [0.5, 0.6) is 0 Å². The van der Waals surface area contributed by atoms with Crippen molar-refractivity contribution in [1.29, 1.82) is 0 Å². The Morgan fingerprint density at radius 2 is 1.95 bits per heavy atom. The van der Waals surface area contributed by atoms with Gasteiger partial charge in [-0.3, -0.25) is 0 Å². The van der Waals surface area contributed by atoms with Gasteiger partial charge in [0, 0.05) is 12.6 Å². The summed E-state index contributed by atoms with van der Waals surface area (Å²) in [5, 5.41) is 6.24. The smallest absolute Gasteiger partial charge is 0.224 e. The molecule has 4 nitrogen and oxygen atoms in total. The summed E-state index contributed by atoms with van der Waals surface area (Å²) in [6, 6.07) is 0.303. The Hall–Kier alpha value is -1.39. The van der Waals surface area contributed by atoms with Gasteiger partial charge in [-0.15, -0.1) is 0 Å². The van der Waals surface area contributed by atoms with Crippen LogP contribution in [0.15, 0.2) is 6.20 Å². The molecule has 1 saturated carbocycles. The molecular formula is C14H23FN4. The molecule has 0 bridgehead atoms. The molecule has 0 radical (unpaired) electrons. The topological polar surface area (TPSA) is 49.8 Å². The lowest BCUT2D eigenvalue weighted by molar-refractivity contribution is 0.280. The maximum absolute atomic E-state index is 13.7. The minimum absolute atomic E-state index is 0.303. The van der Waals surface area contributed by atoms with Crippen LogP contribution in [0, 0.1) is 17.7 Å². The molecule has 1 fully saturated rings. The largest absolute Gasteiger partial charge is 0.365 e. The summed E-state index contributed by atoms with van der Waals surface area (Å²) in [4.78, 5) is 8.11. The highest BCUT2D eigenvalue weighted by atomic mass is 19.1. The molecule has 0 amide bonds. The number of aromatic nitrogens is 2. The summed E-state index contributed by atoms with van der Waals surface area (Å²) in [5.41, 5.74) is 0. The van der Waals surface area contributed by atoms with Gasteiger partial charge in [0.1, 0.15) is 0 Å².